The summed E-state index contributed by atoms with van der Waals surface area (Å²) in [5.74, 6) is -0.477. The average molecular weight is 487 g/mol. The van der Waals surface area contributed by atoms with Crippen molar-refractivity contribution in [2.75, 3.05) is 32.7 Å². The van der Waals surface area contributed by atoms with Gasteiger partial charge < -0.3 is 14.8 Å². The van der Waals surface area contributed by atoms with Crippen LogP contribution in [0.1, 0.15) is 17.5 Å². The van der Waals surface area contributed by atoms with Crippen LogP contribution in [-0.4, -0.2) is 59.4 Å². The van der Waals surface area contributed by atoms with Gasteiger partial charge in [0.25, 0.3) is 5.69 Å². The first-order chi connectivity index (χ1) is 16.2. The normalized spacial score (nSPS) is 16.7. The van der Waals surface area contributed by atoms with Gasteiger partial charge in [0, 0.05) is 13.5 Å². The summed E-state index contributed by atoms with van der Waals surface area (Å²) in [5, 5.41) is 13.7. The number of anilines is 1. The number of carbonyl (C=O) groups is 2. The van der Waals surface area contributed by atoms with Crippen molar-refractivity contribution in [2.24, 2.45) is 4.99 Å². The number of aryl methyl sites for hydroxylation is 2. The maximum atomic E-state index is 13.0. The van der Waals surface area contributed by atoms with Gasteiger partial charge in [-0.15, -0.1) is 0 Å². The van der Waals surface area contributed by atoms with Gasteiger partial charge >= 0.3 is 0 Å². The molecule has 0 bridgehead atoms. The van der Waals surface area contributed by atoms with E-state index in [-0.39, 0.29) is 23.7 Å². The number of rotatable bonds is 9. The first-order valence-electron chi connectivity index (χ1n) is 10.5. The van der Waals surface area contributed by atoms with Crippen molar-refractivity contribution in [1.29, 1.82) is 0 Å². The third-order valence-electron chi connectivity index (χ3n) is 5.30. The van der Waals surface area contributed by atoms with Crippen molar-refractivity contribution in [3.63, 3.8) is 0 Å². The molecule has 0 radical (unpaired) electrons. The van der Waals surface area contributed by atoms with Gasteiger partial charge in [0.1, 0.15) is 16.7 Å². The number of nitrogens with zero attached hydrogens (tertiary/aromatic N) is 3. The Morgan fingerprint density at radius 1 is 1.21 bits per heavy atom. The minimum Gasteiger partial charge on any atom is -0.496 e. The lowest BCUT2D eigenvalue weighted by Gasteiger charge is -2.16. The molecule has 2 aromatic rings. The standard InChI is InChI=1S/C23H26N4O6S/c1-14-5-6-16(11-15(14)2)24-23-26(9-10-32-3)22(29)20(34-23)13-21(28)25-18-8-7-17(33-4)12-19(18)27(30)31/h5-8,11-12,20H,9-10,13H2,1-4H3,(H,25,28). The quantitative estimate of drug-likeness (QED) is 0.422. The van der Waals surface area contributed by atoms with Gasteiger partial charge in [0.15, 0.2) is 5.17 Å². The molecule has 11 heteroatoms. The topological polar surface area (TPSA) is 123 Å². The van der Waals surface area contributed by atoms with Crippen LogP contribution in [0.15, 0.2) is 41.4 Å². The number of hydrogen-bond acceptors (Lipinski definition) is 8. The third-order valence-corrected chi connectivity index (χ3v) is 6.48. The van der Waals surface area contributed by atoms with Gasteiger partial charge in [-0.1, -0.05) is 17.8 Å². The molecule has 3 rings (SSSR count). The van der Waals surface area contributed by atoms with Gasteiger partial charge in [-0.3, -0.25) is 24.6 Å². The fourth-order valence-electron chi connectivity index (χ4n) is 3.28. The van der Waals surface area contributed by atoms with Crippen LogP contribution in [0.3, 0.4) is 0 Å². The zero-order chi connectivity index (χ0) is 24.8. The second-order valence-corrected chi connectivity index (χ2v) is 8.81. The number of nitro benzene ring substituents is 1. The number of amides is 2. The molecule has 1 saturated heterocycles. The van der Waals surface area contributed by atoms with Crippen molar-refractivity contribution in [2.45, 2.75) is 25.5 Å². The molecular formula is C23H26N4O6S. The van der Waals surface area contributed by atoms with Crippen LogP contribution in [-0.2, 0) is 14.3 Å². The number of methoxy groups -OCH3 is 2. The van der Waals surface area contributed by atoms with Crippen molar-refractivity contribution in [1.82, 2.24) is 4.90 Å². The molecule has 1 unspecified atom stereocenters. The summed E-state index contributed by atoms with van der Waals surface area (Å²) in [6.07, 6.45) is -0.165. The molecule has 0 spiro atoms. The van der Waals surface area contributed by atoms with Crippen molar-refractivity contribution in [3.8, 4) is 5.75 Å². The average Bonchev–Trinajstić information content (AvgIpc) is 3.08. The number of ether oxygens (including phenoxy) is 2. The van der Waals surface area contributed by atoms with E-state index in [1.807, 2.05) is 32.0 Å². The highest BCUT2D eigenvalue weighted by Gasteiger charge is 2.39. The Bertz CT molecular complexity index is 1140. The molecule has 10 nitrogen and oxygen atoms in total. The third kappa shape index (κ3) is 5.91. The lowest BCUT2D eigenvalue weighted by atomic mass is 10.1. The molecular weight excluding hydrogens is 460 g/mol. The Morgan fingerprint density at radius 2 is 1.97 bits per heavy atom. The molecule has 1 atom stereocenters. The van der Waals surface area contributed by atoms with Crippen molar-refractivity contribution < 1.29 is 24.0 Å². The number of carbonyl (C=O) groups excluding carboxylic acids is 2. The first-order valence-corrected chi connectivity index (χ1v) is 11.4. The SMILES string of the molecule is COCCN1C(=O)C(CC(=O)Nc2ccc(OC)cc2[N+](=O)[O-])SC1=Nc1ccc(C)c(C)c1. The number of hydrogen-bond donors (Lipinski definition) is 1. The molecule has 2 amide bonds. The van der Waals surface area contributed by atoms with Crippen LogP contribution in [0.2, 0.25) is 0 Å². The fraction of sp³-hybridized carbons (Fsp3) is 0.348. The summed E-state index contributed by atoms with van der Waals surface area (Å²) >= 11 is 1.19. The van der Waals surface area contributed by atoms with Crippen LogP contribution in [0, 0.1) is 24.0 Å². The number of benzene rings is 2. The molecule has 0 saturated carbocycles. The van der Waals surface area contributed by atoms with E-state index in [2.05, 4.69) is 10.3 Å². The number of amidine groups is 1. The van der Waals surface area contributed by atoms with Crippen LogP contribution in [0.25, 0.3) is 0 Å². The summed E-state index contributed by atoms with van der Waals surface area (Å²) in [4.78, 5) is 42.7. The highest BCUT2D eigenvalue weighted by Crippen LogP contribution is 2.33. The van der Waals surface area contributed by atoms with E-state index in [0.29, 0.717) is 29.8 Å². The van der Waals surface area contributed by atoms with Gasteiger partial charge in [-0.25, -0.2) is 4.99 Å². The predicted octanol–water partition coefficient (Wildman–Crippen LogP) is 3.83. The Morgan fingerprint density at radius 3 is 2.62 bits per heavy atom. The second-order valence-electron chi connectivity index (χ2n) is 7.64. The Labute approximate surface area is 201 Å². The largest absolute Gasteiger partial charge is 0.496 e. The van der Waals surface area contributed by atoms with E-state index in [9.17, 15) is 19.7 Å². The summed E-state index contributed by atoms with van der Waals surface area (Å²) < 4.78 is 10.1. The molecule has 1 heterocycles. The predicted molar refractivity (Wildman–Crippen MR) is 131 cm³/mol. The van der Waals surface area contributed by atoms with E-state index >= 15 is 0 Å². The van der Waals surface area contributed by atoms with E-state index in [4.69, 9.17) is 9.47 Å². The second kappa shape index (κ2) is 11.1. The first kappa shape index (κ1) is 25.2. The molecule has 2 aromatic carbocycles. The molecule has 1 N–H and O–H groups in total. The molecule has 0 aliphatic carbocycles. The number of nitrogens with one attached hydrogen (secondary N) is 1. The van der Waals surface area contributed by atoms with Gasteiger partial charge in [0.05, 0.1) is 36.9 Å². The monoisotopic (exact) mass is 486 g/mol. The van der Waals surface area contributed by atoms with E-state index in [1.54, 1.807) is 7.11 Å². The summed E-state index contributed by atoms with van der Waals surface area (Å²) in [5.41, 5.74) is 2.66. The van der Waals surface area contributed by atoms with Gasteiger partial charge in [0.2, 0.25) is 11.8 Å². The van der Waals surface area contributed by atoms with E-state index < -0.39 is 16.1 Å². The summed E-state index contributed by atoms with van der Waals surface area (Å²) in [7, 11) is 2.94. The van der Waals surface area contributed by atoms with Gasteiger partial charge in [-0.2, -0.15) is 0 Å². The molecule has 34 heavy (non-hydrogen) atoms. The lowest BCUT2D eigenvalue weighted by molar-refractivity contribution is -0.384. The van der Waals surface area contributed by atoms with Crippen molar-refractivity contribution in [3.05, 3.63) is 57.6 Å². The molecule has 1 aliphatic rings. The van der Waals surface area contributed by atoms with Crippen LogP contribution < -0.4 is 10.1 Å². The lowest BCUT2D eigenvalue weighted by Crippen LogP contribution is -2.35. The Hall–Kier alpha value is -3.44. The highest BCUT2D eigenvalue weighted by atomic mass is 32.2. The summed E-state index contributed by atoms with van der Waals surface area (Å²) in [6.45, 7) is 4.61. The molecule has 180 valence electrons. The van der Waals surface area contributed by atoms with E-state index in [1.165, 1.54) is 42.0 Å². The van der Waals surface area contributed by atoms with Gasteiger partial charge in [-0.05, 0) is 49.2 Å². The van der Waals surface area contributed by atoms with E-state index in [0.717, 1.165) is 11.1 Å². The molecule has 0 aromatic heterocycles. The van der Waals surface area contributed by atoms with Crippen molar-refractivity contribution >= 4 is 45.8 Å². The minimum atomic E-state index is -0.709. The summed E-state index contributed by atoms with van der Waals surface area (Å²) in [6, 6.07) is 9.91. The zero-order valence-corrected chi connectivity index (χ0v) is 20.2. The number of thioether (sulfide) groups is 1. The Balaban J connectivity index is 1.78. The zero-order valence-electron chi connectivity index (χ0n) is 19.4. The maximum Gasteiger partial charge on any atom is 0.296 e. The Kier molecular flexibility index (Phi) is 8.24. The number of nitro groups is 1. The fourth-order valence-corrected chi connectivity index (χ4v) is 4.47. The number of aliphatic imine (C=N–C) groups is 1. The minimum absolute atomic E-state index is 0.0338. The molecule has 1 fully saturated rings. The maximum absolute atomic E-state index is 13.0. The molecule has 1 aliphatic heterocycles. The highest BCUT2D eigenvalue weighted by molar-refractivity contribution is 8.15. The van der Waals surface area contributed by atoms with Crippen LogP contribution >= 0.6 is 11.8 Å². The van der Waals surface area contributed by atoms with Crippen LogP contribution in [0.5, 0.6) is 5.75 Å². The smallest absolute Gasteiger partial charge is 0.296 e. The van der Waals surface area contributed by atoms with Crippen LogP contribution in [0.4, 0.5) is 17.1 Å².